The van der Waals surface area contributed by atoms with Gasteiger partial charge in [-0.2, -0.15) is 4.98 Å². The average molecular weight is 495 g/mol. The number of benzene rings is 2. The molecule has 2 heterocycles. The number of rotatable bonds is 6. The normalized spacial score (nSPS) is 17.4. The van der Waals surface area contributed by atoms with Crippen molar-refractivity contribution in [2.24, 2.45) is 0 Å². The molecule has 0 saturated carbocycles. The molecule has 2 aromatic carbocycles. The van der Waals surface area contributed by atoms with Crippen LogP contribution in [0.25, 0.3) is 0 Å². The van der Waals surface area contributed by atoms with Crippen molar-refractivity contribution in [2.45, 2.75) is 24.2 Å². The highest BCUT2D eigenvalue weighted by Gasteiger charge is 2.13. The van der Waals surface area contributed by atoms with Crippen molar-refractivity contribution in [3.63, 3.8) is 0 Å². The Bertz CT molecular complexity index is 1250. The smallest absolute Gasteiger partial charge is 0.319 e. The lowest BCUT2D eigenvalue weighted by molar-refractivity contribution is 0.252. The van der Waals surface area contributed by atoms with Gasteiger partial charge in [0.05, 0.1) is 21.6 Å². The third-order valence-electron chi connectivity index (χ3n) is 5.40. The summed E-state index contributed by atoms with van der Waals surface area (Å²) in [4.78, 5) is 21.5. The fourth-order valence-electron chi connectivity index (χ4n) is 3.58. The zero-order valence-electron chi connectivity index (χ0n) is 19.3. The van der Waals surface area contributed by atoms with E-state index in [2.05, 4.69) is 36.6 Å². The molecule has 0 saturated heterocycles. The summed E-state index contributed by atoms with van der Waals surface area (Å²) in [5.74, 6) is 1.39. The van der Waals surface area contributed by atoms with E-state index in [0.29, 0.717) is 60.6 Å². The van der Waals surface area contributed by atoms with Gasteiger partial charge < -0.3 is 26.6 Å². The Morgan fingerprint density at radius 3 is 2.80 bits per heavy atom. The number of fused-ring (bicyclic) bond motifs is 4. The maximum absolute atomic E-state index is 12.8. The molecule has 184 valence electrons. The number of amides is 2. The molecular weight excluding hydrogens is 464 g/mol. The highest BCUT2D eigenvalue weighted by Crippen LogP contribution is 2.24. The van der Waals surface area contributed by atoms with Crippen LogP contribution in [0.5, 0.6) is 0 Å². The first kappa shape index (κ1) is 24.3. The number of para-hydroxylation sites is 1. The third kappa shape index (κ3) is 7.06. The number of nitrogens with zero attached hydrogens (tertiary/aromatic N) is 2. The number of anilines is 5. The molecule has 1 aliphatic rings. The molecule has 1 aromatic heterocycles. The first-order valence-corrected chi connectivity index (χ1v) is 13.3. The van der Waals surface area contributed by atoms with E-state index in [1.807, 2.05) is 36.4 Å². The van der Waals surface area contributed by atoms with Crippen molar-refractivity contribution in [1.82, 2.24) is 15.3 Å². The van der Waals surface area contributed by atoms with E-state index in [9.17, 15) is 9.00 Å². The van der Waals surface area contributed by atoms with Crippen LogP contribution in [0.15, 0.2) is 65.7 Å². The summed E-state index contributed by atoms with van der Waals surface area (Å²) in [6.07, 6.45) is 3.86. The van der Waals surface area contributed by atoms with E-state index < -0.39 is 9.73 Å². The summed E-state index contributed by atoms with van der Waals surface area (Å²) < 4.78 is 21.1. The van der Waals surface area contributed by atoms with Crippen LogP contribution in [-0.2, 0) is 9.73 Å². The molecule has 11 heteroatoms. The number of nitrogens with one attached hydrogen (secondary N) is 6. The van der Waals surface area contributed by atoms with Crippen LogP contribution in [0.3, 0.4) is 0 Å². The molecule has 4 bridgehead atoms. The van der Waals surface area contributed by atoms with Gasteiger partial charge in [0.25, 0.3) is 0 Å². The van der Waals surface area contributed by atoms with E-state index in [-0.39, 0.29) is 6.03 Å². The van der Waals surface area contributed by atoms with E-state index in [1.165, 1.54) is 0 Å². The van der Waals surface area contributed by atoms with Crippen LogP contribution in [-0.4, -0.2) is 45.6 Å². The van der Waals surface area contributed by atoms with Crippen molar-refractivity contribution < 1.29 is 9.00 Å². The Morgan fingerprint density at radius 2 is 1.94 bits per heavy atom. The second-order valence-corrected chi connectivity index (χ2v) is 10.4. The molecule has 4 rings (SSSR count). The Balaban J connectivity index is 1.34. The van der Waals surface area contributed by atoms with Crippen LogP contribution in [0.4, 0.5) is 33.6 Å². The lowest BCUT2D eigenvalue weighted by Crippen LogP contribution is -2.30. The fourth-order valence-corrected chi connectivity index (χ4v) is 5.04. The number of aromatic nitrogens is 2. The second kappa shape index (κ2) is 11.5. The summed E-state index contributed by atoms with van der Waals surface area (Å²) >= 11 is 0. The van der Waals surface area contributed by atoms with Crippen LogP contribution < -0.4 is 26.6 Å². The van der Waals surface area contributed by atoms with Gasteiger partial charge >= 0.3 is 6.03 Å². The van der Waals surface area contributed by atoms with E-state index in [0.717, 1.165) is 17.8 Å². The summed E-state index contributed by atoms with van der Waals surface area (Å²) in [5.41, 5.74) is 2.20. The highest BCUT2D eigenvalue weighted by molar-refractivity contribution is 7.92. The monoisotopic (exact) mass is 494 g/mol. The van der Waals surface area contributed by atoms with Gasteiger partial charge in [-0.3, -0.25) is 0 Å². The molecule has 1 unspecified atom stereocenters. The lowest BCUT2D eigenvalue weighted by atomic mass is 10.3. The molecule has 0 spiro atoms. The van der Waals surface area contributed by atoms with Crippen molar-refractivity contribution >= 4 is 44.6 Å². The van der Waals surface area contributed by atoms with Gasteiger partial charge in [-0.1, -0.05) is 24.3 Å². The topological polar surface area (TPSA) is 144 Å². The van der Waals surface area contributed by atoms with Crippen molar-refractivity contribution in [3.05, 3.63) is 60.8 Å². The number of carbonyl (C=O) groups is 1. The molecule has 6 N–H and O–H groups in total. The molecule has 0 aliphatic carbocycles. The van der Waals surface area contributed by atoms with E-state index in [1.54, 1.807) is 24.4 Å². The van der Waals surface area contributed by atoms with Gasteiger partial charge in [-0.15, -0.1) is 0 Å². The van der Waals surface area contributed by atoms with Crippen molar-refractivity contribution in [1.29, 1.82) is 4.78 Å². The Hall–Kier alpha value is -3.86. The predicted octanol–water partition coefficient (Wildman–Crippen LogP) is 4.46. The van der Waals surface area contributed by atoms with Gasteiger partial charge in [-0.25, -0.2) is 18.8 Å². The Morgan fingerprint density at radius 1 is 1.09 bits per heavy atom. The standard InChI is InChI=1S/C24H30N8O2S/c25-35(34)15-5-4-12-27-22-21(17-29-23(32-22)30-19-10-6-11-20(35)16-19)26-13-7-14-28-24(33)31-18-8-2-1-3-9-18/h1-3,6,8-11,16-17,25-26H,4-5,7,12-15H2,(H2,28,31,33)(H2,27,29,30,32). The summed E-state index contributed by atoms with van der Waals surface area (Å²) in [6, 6.07) is 16.1. The number of hydrogen-bond donors (Lipinski definition) is 6. The highest BCUT2D eigenvalue weighted by atomic mass is 32.2. The largest absolute Gasteiger partial charge is 0.381 e. The maximum Gasteiger partial charge on any atom is 0.319 e. The number of carbonyl (C=O) groups excluding carboxylic acids is 1. The molecule has 0 radical (unpaired) electrons. The molecular formula is C24H30N8O2S. The van der Waals surface area contributed by atoms with Gasteiger partial charge in [0, 0.05) is 41.7 Å². The van der Waals surface area contributed by atoms with Gasteiger partial charge in [0.2, 0.25) is 5.95 Å². The molecule has 0 fully saturated rings. The molecule has 1 atom stereocenters. The van der Waals surface area contributed by atoms with Gasteiger partial charge in [0.15, 0.2) is 5.82 Å². The first-order valence-electron chi connectivity index (χ1n) is 11.6. The van der Waals surface area contributed by atoms with Gasteiger partial charge in [0.1, 0.15) is 0 Å². The van der Waals surface area contributed by atoms with Crippen LogP contribution in [0.2, 0.25) is 0 Å². The summed E-state index contributed by atoms with van der Waals surface area (Å²) in [5, 5.41) is 15.4. The summed E-state index contributed by atoms with van der Waals surface area (Å²) in [7, 11) is -2.84. The molecule has 3 aromatic rings. The Kier molecular flexibility index (Phi) is 7.99. The minimum absolute atomic E-state index is 0.240. The van der Waals surface area contributed by atoms with Crippen molar-refractivity contribution in [2.75, 3.05) is 46.7 Å². The lowest BCUT2D eigenvalue weighted by Gasteiger charge is -2.14. The van der Waals surface area contributed by atoms with E-state index in [4.69, 9.17) is 4.78 Å². The number of urea groups is 1. The fraction of sp³-hybridized carbons (Fsp3) is 0.292. The SMILES string of the molecule is N=S1(=O)CCCCNc2nc(ncc2NCCCNC(=O)Nc2ccccc2)Nc2cccc1c2. The van der Waals surface area contributed by atoms with Gasteiger partial charge in [-0.05, 0) is 49.6 Å². The van der Waals surface area contributed by atoms with Crippen LogP contribution in [0.1, 0.15) is 19.3 Å². The average Bonchev–Trinajstić information content (AvgIpc) is 2.85. The predicted molar refractivity (Wildman–Crippen MR) is 140 cm³/mol. The van der Waals surface area contributed by atoms with Crippen LogP contribution in [0, 0.1) is 4.78 Å². The second-order valence-electron chi connectivity index (χ2n) is 8.15. The first-order chi connectivity index (χ1) is 17.0. The third-order valence-corrected chi connectivity index (χ3v) is 7.28. The minimum atomic E-state index is -2.84. The van der Waals surface area contributed by atoms with Crippen molar-refractivity contribution in [3.8, 4) is 0 Å². The quantitative estimate of drug-likeness (QED) is 0.278. The van der Waals surface area contributed by atoms with Crippen LogP contribution >= 0.6 is 0 Å². The molecule has 35 heavy (non-hydrogen) atoms. The Labute approximate surface area is 205 Å². The molecule has 10 nitrogen and oxygen atoms in total. The molecule has 2 amide bonds. The number of hydrogen-bond acceptors (Lipinski definition) is 8. The minimum Gasteiger partial charge on any atom is -0.381 e. The maximum atomic E-state index is 12.8. The van der Waals surface area contributed by atoms with E-state index >= 15 is 0 Å². The zero-order valence-corrected chi connectivity index (χ0v) is 20.2. The summed E-state index contributed by atoms with van der Waals surface area (Å²) in [6.45, 7) is 1.77. The molecule has 1 aliphatic heterocycles. The zero-order chi connectivity index (χ0) is 24.5.